The molecule has 0 unspecified atom stereocenters. The Morgan fingerprint density at radius 3 is 2.60 bits per heavy atom. The molecule has 2 aliphatic heterocycles. The number of aromatic amines is 1. The summed E-state index contributed by atoms with van der Waals surface area (Å²) in [6.45, 7) is 3.97. The lowest BCUT2D eigenvalue weighted by molar-refractivity contribution is -0.117. The molecule has 0 radical (unpaired) electrons. The first-order valence-corrected chi connectivity index (χ1v) is 13.1. The fraction of sp³-hybridized carbons (Fsp3) is 0.423. The molecule has 2 aliphatic rings. The van der Waals surface area contributed by atoms with Crippen molar-refractivity contribution < 1.29 is 14.3 Å². The molecular formula is C26H31N5O3S. The third-order valence-electron chi connectivity index (χ3n) is 6.64. The first-order chi connectivity index (χ1) is 17.1. The topological polar surface area (TPSA) is 90.6 Å². The number of H-pyrrole nitrogens is 1. The van der Waals surface area contributed by atoms with Crippen molar-refractivity contribution in [3.8, 4) is 27.6 Å². The molecule has 0 bridgehead atoms. The third kappa shape index (κ3) is 5.41. The van der Waals surface area contributed by atoms with Gasteiger partial charge in [-0.25, -0.2) is 4.98 Å². The van der Waals surface area contributed by atoms with Crippen molar-refractivity contribution in [3.05, 3.63) is 41.5 Å². The molecular weight excluding hydrogens is 462 g/mol. The number of benzene rings is 1. The van der Waals surface area contributed by atoms with E-state index in [1.807, 2.05) is 40.7 Å². The van der Waals surface area contributed by atoms with Crippen molar-refractivity contribution in [1.82, 2.24) is 19.8 Å². The van der Waals surface area contributed by atoms with E-state index in [-0.39, 0.29) is 11.8 Å². The summed E-state index contributed by atoms with van der Waals surface area (Å²) in [5, 5.41) is 5.85. The average Bonchev–Trinajstić information content (AvgIpc) is 3.66. The number of likely N-dealkylation sites (tertiary alicyclic amines) is 2. The Morgan fingerprint density at radius 1 is 1.06 bits per heavy atom. The number of anilines is 1. The van der Waals surface area contributed by atoms with Crippen molar-refractivity contribution >= 4 is 28.8 Å². The fourth-order valence-electron chi connectivity index (χ4n) is 4.74. The summed E-state index contributed by atoms with van der Waals surface area (Å²) in [6, 6.07) is 7.59. The number of aromatic nitrogens is 2. The first-order valence-electron chi connectivity index (χ1n) is 12.2. The van der Waals surface area contributed by atoms with E-state index in [4.69, 9.17) is 9.72 Å². The highest BCUT2D eigenvalue weighted by molar-refractivity contribution is 7.13. The second-order valence-corrected chi connectivity index (χ2v) is 10.00. The van der Waals surface area contributed by atoms with E-state index in [1.165, 1.54) is 17.8 Å². The Bertz CT molecular complexity index is 1190. The second kappa shape index (κ2) is 10.6. The van der Waals surface area contributed by atoms with Crippen molar-refractivity contribution in [2.24, 2.45) is 0 Å². The van der Waals surface area contributed by atoms with E-state index in [2.05, 4.69) is 15.2 Å². The van der Waals surface area contributed by atoms with Crippen LogP contribution in [0.5, 0.6) is 5.75 Å². The van der Waals surface area contributed by atoms with Crippen LogP contribution in [0.4, 0.5) is 5.69 Å². The molecule has 9 heteroatoms. The Balaban J connectivity index is 1.30. The van der Waals surface area contributed by atoms with Gasteiger partial charge in [0.25, 0.3) is 5.91 Å². The zero-order valence-corrected chi connectivity index (χ0v) is 20.8. The molecule has 2 N–H and O–H groups in total. The number of methoxy groups -OCH3 is 1. The molecule has 5 rings (SSSR count). The van der Waals surface area contributed by atoms with Gasteiger partial charge in [-0.15, -0.1) is 11.3 Å². The lowest BCUT2D eigenvalue weighted by Gasteiger charge is -2.25. The summed E-state index contributed by atoms with van der Waals surface area (Å²) in [5.74, 6) is 0.627. The van der Waals surface area contributed by atoms with Crippen molar-refractivity contribution in [3.63, 3.8) is 0 Å². The van der Waals surface area contributed by atoms with Crippen LogP contribution in [0.15, 0.2) is 35.8 Å². The smallest absolute Gasteiger partial charge is 0.270 e. The van der Waals surface area contributed by atoms with Gasteiger partial charge in [0.05, 0.1) is 25.0 Å². The van der Waals surface area contributed by atoms with Crippen LogP contribution < -0.4 is 10.1 Å². The Morgan fingerprint density at radius 2 is 1.83 bits per heavy atom. The predicted molar refractivity (Wildman–Crippen MR) is 138 cm³/mol. The van der Waals surface area contributed by atoms with Gasteiger partial charge in [-0.2, -0.15) is 0 Å². The van der Waals surface area contributed by atoms with Crippen LogP contribution in [0.2, 0.25) is 0 Å². The quantitative estimate of drug-likeness (QED) is 0.507. The maximum atomic E-state index is 12.7. The molecule has 4 heterocycles. The lowest BCUT2D eigenvalue weighted by Crippen LogP contribution is -2.36. The first kappa shape index (κ1) is 23.6. The molecule has 1 aromatic carbocycles. The van der Waals surface area contributed by atoms with Gasteiger partial charge in [-0.05, 0) is 63.0 Å². The number of hydrogen-bond acceptors (Lipinski definition) is 6. The highest BCUT2D eigenvalue weighted by Gasteiger charge is 2.21. The van der Waals surface area contributed by atoms with E-state index in [1.54, 1.807) is 7.11 Å². The van der Waals surface area contributed by atoms with Crippen LogP contribution in [0.3, 0.4) is 0 Å². The monoisotopic (exact) mass is 493 g/mol. The molecule has 0 aliphatic carbocycles. The third-order valence-corrected chi connectivity index (χ3v) is 7.53. The van der Waals surface area contributed by atoms with Crippen LogP contribution in [0.25, 0.3) is 21.8 Å². The van der Waals surface area contributed by atoms with Gasteiger partial charge >= 0.3 is 0 Å². The van der Waals surface area contributed by atoms with Gasteiger partial charge in [0.15, 0.2) is 0 Å². The SMILES string of the molecule is COc1ccc(-c2nc(-c3c[nH]c(C(=O)N4CCCC4)c3)cs2)cc1NC(=O)CN1CCCCC1. The fourth-order valence-corrected chi connectivity index (χ4v) is 5.57. The summed E-state index contributed by atoms with van der Waals surface area (Å²) in [5.41, 5.74) is 3.84. The van der Waals surface area contributed by atoms with E-state index >= 15 is 0 Å². The Labute approximate surface area is 209 Å². The minimum absolute atomic E-state index is 0.0373. The minimum atomic E-state index is -0.0373. The van der Waals surface area contributed by atoms with Crippen LogP contribution >= 0.6 is 11.3 Å². The molecule has 8 nitrogen and oxygen atoms in total. The number of nitrogens with zero attached hydrogens (tertiary/aromatic N) is 3. The van der Waals surface area contributed by atoms with Gasteiger partial charge in [0.2, 0.25) is 5.91 Å². The number of piperidine rings is 1. The van der Waals surface area contributed by atoms with Crippen molar-refractivity contribution in [2.45, 2.75) is 32.1 Å². The van der Waals surface area contributed by atoms with Crippen LogP contribution in [0, 0.1) is 0 Å². The zero-order valence-electron chi connectivity index (χ0n) is 20.0. The number of carbonyl (C=O) groups is 2. The Kier molecular flexibility index (Phi) is 7.15. The molecule has 0 saturated carbocycles. The van der Waals surface area contributed by atoms with E-state index in [0.717, 1.165) is 73.7 Å². The highest BCUT2D eigenvalue weighted by atomic mass is 32.1. The molecule has 0 spiro atoms. The van der Waals surface area contributed by atoms with E-state index in [0.29, 0.717) is 23.7 Å². The number of carbonyl (C=O) groups excluding carboxylic acids is 2. The highest BCUT2D eigenvalue weighted by Crippen LogP contribution is 2.34. The number of ether oxygens (including phenoxy) is 1. The summed E-state index contributed by atoms with van der Waals surface area (Å²) in [4.78, 5) is 37.3. The van der Waals surface area contributed by atoms with Gasteiger partial charge < -0.3 is 19.9 Å². The predicted octanol–water partition coefficient (Wildman–Crippen LogP) is 4.47. The number of rotatable bonds is 7. The molecule has 0 atom stereocenters. The van der Waals surface area contributed by atoms with Gasteiger partial charge in [-0.3, -0.25) is 14.5 Å². The maximum absolute atomic E-state index is 12.7. The largest absolute Gasteiger partial charge is 0.495 e. The van der Waals surface area contributed by atoms with Gasteiger partial charge in [0, 0.05) is 35.8 Å². The number of hydrogen-bond donors (Lipinski definition) is 2. The summed E-state index contributed by atoms with van der Waals surface area (Å²) in [6.07, 6.45) is 7.50. The molecule has 3 aromatic rings. The van der Waals surface area contributed by atoms with E-state index in [9.17, 15) is 9.59 Å². The number of thiazole rings is 1. The molecule has 2 saturated heterocycles. The van der Waals surface area contributed by atoms with Crippen molar-refractivity contribution in [2.75, 3.05) is 45.2 Å². The zero-order chi connectivity index (χ0) is 24.2. The normalized spacial score (nSPS) is 16.4. The molecule has 2 fully saturated rings. The summed E-state index contributed by atoms with van der Waals surface area (Å²) in [7, 11) is 1.60. The molecule has 35 heavy (non-hydrogen) atoms. The lowest BCUT2D eigenvalue weighted by atomic mass is 10.1. The minimum Gasteiger partial charge on any atom is -0.495 e. The maximum Gasteiger partial charge on any atom is 0.270 e. The second-order valence-electron chi connectivity index (χ2n) is 9.14. The molecule has 184 valence electrons. The standard InChI is InChI=1S/C26H31N5O3S/c1-34-23-8-7-18(13-20(23)28-24(32)16-30-9-3-2-4-10-30)25-29-22(17-35-25)19-14-21(27-15-19)26(33)31-11-5-6-12-31/h7-8,13-15,17,27H,2-6,9-12,16H2,1H3,(H,28,32). The summed E-state index contributed by atoms with van der Waals surface area (Å²) >= 11 is 1.53. The Hall–Kier alpha value is -3.17. The van der Waals surface area contributed by atoms with Gasteiger partial charge in [0.1, 0.15) is 16.5 Å². The van der Waals surface area contributed by atoms with E-state index < -0.39 is 0 Å². The van der Waals surface area contributed by atoms with Crippen LogP contribution in [-0.2, 0) is 4.79 Å². The van der Waals surface area contributed by atoms with Crippen LogP contribution in [-0.4, -0.2) is 71.4 Å². The average molecular weight is 494 g/mol. The van der Waals surface area contributed by atoms with Crippen LogP contribution in [0.1, 0.15) is 42.6 Å². The number of nitrogens with one attached hydrogen (secondary N) is 2. The summed E-state index contributed by atoms with van der Waals surface area (Å²) < 4.78 is 5.48. The van der Waals surface area contributed by atoms with Crippen molar-refractivity contribution in [1.29, 1.82) is 0 Å². The molecule has 2 amide bonds. The van der Waals surface area contributed by atoms with Gasteiger partial charge in [-0.1, -0.05) is 6.42 Å². The molecule has 2 aromatic heterocycles. The number of amides is 2.